The second kappa shape index (κ2) is 8.19. The van der Waals surface area contributed by atoms with Gasteiger partial charge in [0.15, 0.2) is 5.96 Å². The Labute approximate surface area is 135 Å². The van der Waals surface area contributed by atoms with E-state index in [2.05, 4.69) is 10.3 Å². The van der Waals surface area contributed by atoms with Crippen molar-refractivity contribution in [2.75, 3.05) is 53.0 Å². The van der Waals surface area contributed by atoms with Crippen molar-refractivity contribution in [3.05, 3.63) is 0 Å². The van der Waals surface area contributed by atoms with Crippen LogP contribution in [0, 0.1) is 5.92 Å². The fourth-order valence-corrected chi connectivity index (χ4v) is 2.63. The first-order chi connectivity index (χ1) is 10.9. The molecule has 0 aromatic rings. The number of alkyl halides is 3. The first kappa shape index (κ1) is 18.3. The van der Waals surface area contributed by atoms with Crippen molar-refractivity contribution in [2.45, 2.75) is 32.0 Å². The van der Waals surface area contributed by atoms with Crippen LogP contribution >= 0.6 is 0 Å². The van der Waals surface area contributed by atoms with E-state index in [1.54, 1.807) is 7.05 Å². The van der Waals surface area contributed by atoms with Gasteiger partial charge in [-0.1, -0.05) is 0 Å². The van der Waals surface area contributed by atoms with E-state index in [0.717, 1.165) is 18.5 Å². The molecule has 0 amide bonds. The van der Waals surface area contributed by atoms with E-state index in [-0.39, 0.29) is 0 Å². The van der Waals surface area contributed by atoms with Crippen molar-refractivity contribution in [1.82, 2.24) is 15.1 Å². The number of guanidine groups is 1. The van der Waals surface area contributed by atoms with Crippen LogP contribution in [-0.4, -0.2) is 81.0 Å². The molecule has 5 nitrogen and oxygen atoms in total. The van der Waals surface area contributed by atoms with Gasteiger partial charge >= 0.3 is 6.18 Å². The first-order valence-electron chi connectivity index (χ1n) is 8.26. The molecule has 134 valence electrons. The van der Waals surface area contributed by atoms with Crippen LogP contribution in [0.3, 0.4) is 0 Å². The number of piperazine rings is 1. The van der Waals surface area contributed by atoms with E-state index >= 15 is 0 Å². The molecule has 2 aliphatic rings. The van der Waals surface area contributed by atoms with Gasteiger partial charge in [0.1, 0.15) is 6.04 Å². The summed E-state index contributed by atoms with van der Waals surface area (Å²) in [6.07, 6.45) is -1.62. The maximum atomic E-state index is 12.8. The highest BCUT2D eigenvalue weighted by Crippen LogP contribution is 2.28. The van der Waals surface area contributed by atoms with Crippen LogP contribution < -0.4 is 5.32 Å². The molecule has 0 spiro atoms. The lowest BCUT2D eigenvalue weighted by molar-refractivity contribution is -0.181. The summed E-state index contributed by atoms with van der Waals surface area (Å²) in [5, 5.41) is 3.22. The van der Waals surface area contributed by atoms with Crippen molar-refractivity contribution >= 4 is 5.96 Å². The number of nitrogens with zero attached hydrogens (tertiary/aromatic N) is 3. The predicted octanol–water partition coefficient (Wildman–Crippen LogP) is 1.56. The molecular formula is C15H27F3N4O. The third-order valence-electron chi connectivity index (χ3n) is 4.43. The van der Waals surface area contributed by atoms with Crippen LogP contribution in [0.1, 0.15) is 19.8 Å². The molecule has 1 saturated heterocycles. The molecular weight excluding hydrogens is 309 g/mol. The monoisotopic (exact) mass is 336 g/mol. The number of halogens is 3. The van der Waals surface area contributed by atoms with Crippen LogP contribution in [0.4, 0.5) is 13.2 Å². The van der Waals surface area contributed by atoms with Crippen LogP contribution in [-0.2, 0) is 4.74 Å². The Morgan fingerprint density at radius 2 is 1.91 bits per heavy atom. The predicted molar refractivity (Wildman–Crippen MR) is 83.6 cm³/mol. The molecule has 2 fully saturated rings. The molecule has 1 aliphatic carbocycles. The Morgan fingerprint density at radius 3 is 2.43 bits per heavy atom. The SMILES string of the molecule is CN=C(NCCOCC1CC1)N1CCN(C(C)C(F)(F)F)CC1. The number of hydrogen-bond donors (Lipinski definition) is 1. The normalized spacial score (nSPS) is 22.3. The van der Waals surface area contributed by atoms with Gasteiger partial charge in [-0.25, -0.2) is 0 Å². The Bertz CT molecular complexity index is 391. The molecule has 1 saturated carbocycles. The first-order valence-corrected chi connectivity index (χ1v) is 8.26. The van der Waals surface area contributed by atoms with E-state index in [0.29, 0.717) is 39.3 Å². The zero-order valence-corrected chi connectivity index (χ0v) is 13.9. The number of ether oxygens (including phenoxy) is 1. The second-order valence-electron chi connectivity index (χ2n) is 6.23. The van der Waals surface area contributed by atoms with Crippen LogP contribution in [0.2, 0.25) is 0 Å². The highest BCUT2D eigenvalue weighted by Gasteiger charge is 2.41. The molecule has 1 unspecified atom stereocenters. The molecule has 0 aromatic heterocycles. The Morgan fingerprint density at radius 1 is 1.26 bits per heavy atom. The van der Waals surface area contributed by atoms with Gasteiger partial charge in [0.2, 0.25) is 0 Å². The lowest BCUT2D eigenvalue weighted by Gasteiger charge is -2.39. The average molecular weight is 336 g/mol. The summed E-state index contributed by atoms with van der Waals surface area (Å²) in [6.45, 7) is 5.21. The summed E-state index contributed by atoms with van der Waals surface area (Å²) in [6, 6.07) is -1.39. The Hall–Kier alpha value is -1.02. The van der Waals surface area contributed by atoms with Gasteiger partial charge in [-0.05, 0) is 25.7 Å². The van der Waals surface area contributed by atoms with Gasteiger partial charge in [-0.15, -0.1) is 0 Å². The zero-order valence-electron chi connectivity index (χ0n) is 13.9. The van der Waals surface area contributed by atoms with Crippen LogP contribution in [0.5, 0.6) is 0 Å². The molecule has 0 radical (unpaired) electrons. The lowest BCUT2D eigenvalue weighted by atomic mass is 10.2. The minimum Gasteiger partial charge on any atom is -0.379 e. The van der Waals surface area contributed by atoms with Crippen molar-refractivity contribution < 1.29 is 17.9 Å². The molecule has 0 bridgehead atoms. The Kier molecular flexibility index (Phi) is 6.52. The summed E-state index contributed by atoms with van der Waals surface area (Å²) in [7, 11) is 1.69. The highest BCUT2D eigenvalue weighted by molar-refractivity contribution is 5.79. The number of hydrogen-bond acceptors (Lipinski definition) is 3. The third-order valence-corrected chi connectivity index (χ3v) is 4.43. The van der Waals surface area contributed by atoms with Gasteiger partial charge in [0.25, 0.3) is 0 Å². The van der Waals surface area contributed by atoms with E-state index in [1.807, 2.05) is 4.90 Å². The third kappa shape index (κ3) is 5.84. The van der Waals surface area contributed by atoms with Crippen molar-refractivity contribution in [3.63, 3.8) is 0 Å². The molecule has 2 rings (SSSR count). The lowest BCUT2D eigenvalue weighted by Crippen LogP contribution is -2.57. The van der Waals surface area contributed by atoms with E-state index < -0.39 is 12.2 Å². The number of aliphatic imine (C=N–C) groups is 1. The van der Waals surface area contributed by atoms with E-state index in [4.69, 9.17) is 4.74 Å². The maximum absolute atomic E-state index is 12.8. The second-order valence-corrected chi connectivity index (χ2v) is 6.23. The zero-order chi connectivity index (χ0) is 16.9. The van der Waals surface area contributed by atoms with Crippen molar-refractivity contribution in [2.24, 2.45) is 10.9 Å². The highest BCUT2D eigenvalue weighted by atomic mass is 19.4. The molecule has 0 aromatic carbocycles. The quantitative estimate of drug-likeness (QED) is 0.454. The minimum atomic E-state index is -4.17. The average Bonchev–Trinajstić information content (AvgIpc) is 3.34. The van der Waals surface area contributed by atoms with E-state index in [9.17, 15) is 13.2 Å². The minimum absolute atomic E-state index is 0.388. The summed E-state index contributed by atoms with van der Waals surface area (Å²) < 4.78 is 43.8. The standard InChI is InChI=1S/C15H27F3N4O/c1-12(15(16,17)18)21-6-8-22(9-7-21)14(19-2)20-5-10-23-11-13-3-4-13/h12-13H,3-11H2,1-2H3,(H,19,20). The fraction of sp³-hybridized carbons (Fsp3) is 0.933. The van der Waals surface area contributed by atoms with Crippen LogP contribution in [0.15, 0.2) is 4.99 Å². The summed E-state index contributed by atoms with van der Waals surface area (Å²) >= 11 is 0. The molecule has 1 N–H and O–H groups in total. The number of rotatable bonds is 6. The van der Waals surface area contributed by atoms with Gasteiger partial charge in [0, 0.05) is 46.4 Å². The molecule has 1 atom stereocenters. The largest absolute Gasteiger partial charge is 0.403 e. The van der Waals surface area contributed by atoms with Gasteiger partial charge in [-0.2, -0.15) is 13.2 Å². The fourth-order valence-electron chi connectivity index (χ4n) is 2.63. The summed E-state index contributed by atoms with van der Waals surface area (Å²) in [5.41, 5.74) is 0. The topological polar surface area (TPSA) is 40.1 Å². The molecule has 8 heteroatoms. The maximum Gasteiger partial charge on any atom is 0.403 e. The smallest absolute Gasteiger partial charge is 0.379 e. The number of nitrogens with one attached hydrogen (secondary N) is 1. The van der Waals surface area contributed by atoms with Gasteiger partial charge < -0.3 is 15.0 Å². The van der Waals surface area contributed by atoms with Gasteiger partial charge in [-0.3, -0.25) is 9.89 Å². The molecule has 1 heterocycles. The van der Waals surface area contributed by atoms with E-state index in [1.165, 1.54) is 24.7 Å². The van der Waals surface area contributed by atoms with Crippen molar-refractivity contribution in [3.8, 4) is 0 Å². The van der Waals surface area contributed by atoms with Crippen LogP contribution in [0.25, 0.3) is 0 Å². The summed E-state index contributed by atoms with van der Waals surface area (Å²) in [4.78, 5) is 7.69. The molecule has 1 aliphatic heterocycles. The summed E-state index contributed by atoms with van der Waals surface area (Å²) in [5.74, 6) is 1.48. The Balaban J connectivity index is 1.67. The van der Waals surface area contributed by atoms with Gasteiger partial charge in [0.05, 0.1) is 6.61 Å². The van der Waals surface area contributed by atoms with Crippen molar-refractivity contribution in [1.29, 1.82) is 0 Å². The molecule has 23 heavy (non-hydrogen) atoms.